The first-order chi connectivity index (χ1) is 10.3. The van der Waals surface area contributed by atoms with Gasteiger partial charge in [0.15, 0.2) is 0 Å². The largest absolute Gasteiger partial charge is 0.343 e. The molecule has 0 bridgehead atoms. The molecule has 0 radical (unpaired) electrons. The highest BCUT2D eigenvalue weighted by molar-refractivity contribution is 7.09. The Morgan fingerprint density at radius 2 is 2.19 bits per heavy atom. The summed E-state index contributed by atoms with van der Waals surface area (Å²) in [5.41, 5.74) is 1.30. The van der Waals surface area contributed by atoms with Crippen LogP contribution in [0.2, 0.25) is 0 Å². The highest BCUT2D eigenvalue weighted by Gasteiger charge is 2.23. The second-order valence-corrected chi connectivity index (χ2v) is 6.35. The summed E-state index contributed by atoms with van der Waals surface area (Å²) in [7, 11) is 0. The number of carbonyl (C=O) groups is 1. The van der Waals surface area contributed by atoms with Crippen LogP contribution in [0.15, 0.2) is 36.1 Å². The van der Waals surface area contributed by atoms with Crippen molar-refractivity contribution in [2.24, 2.45) is 0 Å². The van der Waals surface area contributed by atoms with E-state index in [2.05, 4.69) is 16.0 Å². The molecule has 0 spiro atoms. The molecule has 1 fully saturated rings. The normalized spacial score (nSPS) is 16.1. The summed E-state index contributed by atoms with van der Waals surface area (Å²) >= 11 is 1.62. The molecular weight excluding hydrogens is 282 g/mol. The second-order valence-electron chi connectivity index (χ2n) is 5.37. The van der Waals surface area contributed by atoms with Gasteiger partial charge in [-0.3, -0.25) is 9.78 Å². The lowest BCUT2D eigenvalue weighted by Gasteiger charge is -2.32. The number of rotatable bonds is 4. The second kappa shape index (κ2) is 6.80. The van der Waals surface area contributed by atoms with Crippen molar-refractivity contribution in [2.75, 3.05) is 13.1 Å². The minimum absolute atomic E-state index is 0.259. The lowest BCUT2D eigenvalue weighted by Crippen LogP contribution is -2.38. The van der Waals surface area contributed by atoms with Gasteiger partial charge in [0.25, 0.3) is 0 Å². The number of pyridine rings is 1. The molecule has 0 atom stereocenters. The van der Waals surface area contributed by atoms with Crippen molar-refractivity contribution >= 4 is 17.2 Å². The number of aromatic nitrogens is 2. The van der Waals surface area contributed by atoms with Crippen LogP contribution >= 0.6 is 11.3 Å². The zero-order chi connectivity index (χ0) is 14.5. The van der Waals surface area contributed by atoms with E-state index >= 15 is 0 Å². The maximum absolute atomic E-state index is 12.2. The summed E-state index contributed by atoms with van der Waals surface area (Å²) in [4.78, 5) is 22.6. The van der Waals surface area contributed by atoms with Crippen LogP contribution in [0.3, 0.4) is 0 Å². The van der Waals surface area contributed by atoms with Gasteiger partial charge in [-0.1, -0.05) is 6.07 Å². The molecule has 2 aromatic heterocycles. The SMILES string of the molecule is O=C(CCc1nccs1)N1CCC(c2cccnc2)CC1. The van der Waals surface area contributed by atoms with Crippen molar-refractivity contribution < 1.29 is 4.79 Å². The van der Waals surface area contributed by atoms with E-state index in [0.717, 1.165) is 37.4 Å². The lowest BCUT2D eigenvalue weighted by molar-refractivity contribution is -0.132. The van der Waals surface area contributed by atoms with E-state index in [4.69, 9.17) is 0 Å². The molecule has 2 aromatic rings. The minimum atomic E-state index is 0.259. The molecule has 1 amide bonds. The van der Waals surface area contributed by atoms with Gasteiger partial charge in [-0.2, -0.15) is 0 Å². The summed E-state index contributed by atoms with van der Waals surface area (Å²) in [6, 6.07) is 4.12. The van der Waals surface area contributed by atoms with Crippen LogP contribution in [0, 0.1) is 0 Å². The van der Waals surface area contributed by atoms with Gasteiger partial charge < -0.3 is 4.90 Å². The Balaban J connectivity index is 1.48. The standard InChI is InChI=1S/C16H19N3OS/c20-16(4-3-15-18-8-11-21-15)19-9-5-13(6-10-19)14-2-1-7-17-12-14/h1-2,7-8,11-13H,3-6,9-10H2. The molecule has 0 N–H and O–H groups in total. The Morgan fingerprint density at radius 1 is 1.33 bits per heavy atom. The monoisotopic (exact) mass is 301 g/mol. The predicted octanol–water partition coefficient (Wildman–Crippen LogP) is 2.88. The summed E-state index contributed by atoms with van der Waals surface area (Å²) < 4.78 is 0. The highest BCUT2D eigenvalue weighted by Crippen LogP contribution is 2.27. The average molecular weight is 301 g/mol. The van der Waals surface area contributed by atoms with Gasteiger partial charge in [-0.25, -0.2) is 4.98 Å². The molecule has 110 valence electrons. The molecule has 0 aliphatic carbocycles. The maximum Gasteiger partial charge on any atom is 0.222 e. The molecule has 0 saturated carbocycles. The van der Waals surface area contributed by atoms with Gasteiger partial charge >= 0.3 is 0 Å². The van der Waals surface area contributed by atoms with Crippen molar-refractivity contribution in [3.8, 4) is 0 Å². The van der Waals surface area contributed by atoms with E-state index in [1.54, 1.807) is 23.7 Å². The van der Waals surface area contributed by atoms with Crippen molar-refractivity contribution in [1.82, 2.24) is 14.9 Å². The summed E-state index contributed by atoms with van der Waals surface area (Å²) in [5.74, 6) is 0.802. The number of thiazole rings is 1. The molecule has 1 aliphatic heterocycles. The summed E-state index contributed by atoms with van der Waals surface area (Å²) in [5, 5.41) is 3.01. The van der Waals surface area contributed by atoms with Crippen molar-refractivity contribution in [3.63, 3.8) is 0 Å². The van der Waals surface area contributed by atoms with Gasteiger partial charge in [0.2, 0.25) is 5.91 Å². The van der Waals surface area contributed by atoms with Crippen LogP contribution in [0.5, 0.6) is 0 Å². The van der Waals surface area contributed by atoms with Crippen LogP contribution in [-0.2, 0) is 11.2 Å². The van der Waals surface area contributed by atoms with E-state index in [0.29, 0.717) is 12.3 Å². The van der Waals surface area contributed by atoms with Crippen molar-refractivity contribution in [3.05, 3.63) is 46.7 Å². The van der Waals surface area contributed by atoms with Crippen molar-refractivity contribution in [2.45, 2.75) is 31.6 Å². The third-order valence-corrected chi connectivity index (χ3v) is 4.88. The summed E-state index contributed by atoms with van der Waals surface area (Å²) in [6.07, 6.45) is 8.96. The van der Waals surface area contributed by atoms with E-state index in [-0.39, 0.29) is 5.91 Å². The van der Waals surface area contributed by atoms with E-state index < -0.39 is 0 Å². The number of carbonyl (C=O) groups excluding carboxylic acids is 1. The molecule has 1 saturated heterocycles. The first kappa shape index (κ1) is 14.2. The fraction of sp³-hybridized carbons (Fsp3) is 0.438. The smallest absolute Gasteiger partial charge is 0.222 e. The lowest BCUT2D eigenvalue weighted by atomic mass is 9.90. The third-order valence-electron chi connectivity index (χ3n) is 4.04. The van der Waals surface area contributed by atoms with Gasteiger partial charge in [0, 0.05) is 49.9 Å². The zero-order valence-electron chi connectivity index (χ0n) is 11.9. The van der Waals surface area contributed by atoms with E-state index in [1.807, 2.05) is 22.5 Å². The quantitative estimate of drug-likeness (QED) is 0.872. The Bertz CT molecular complexity index is 562. The topological polar surface area (TPSA) is 46.1 Å². The van der Waals surface area contributed by atoms with Gasteiger partial charge in [-0.15, -0.1) is 11.3 Å². The first-order valence-corrected chi connectivity index (χ1v) is 8.27. The van der Waals surface area contributed by atoms with E-state index in [1.165, 1.54) is 5.56 Å². The number of amides is 1. The van der Waals surface area contributed by atoms with E-state index in [9.17, 15) is 4.79 Å². The number of hydrogen-bond donors (Lipinski definition) is 0. The molecule has 0 unspecified atom stereocenters. The third kappa shape index (κ3) is 3.67. The summed E-state index contributed by atoms with van der Waals surface area (Å²) in [6.45, 7) is 1.71. The Kier molecular flexibility index (Phi) is 4.60. The Hall–Kier alpha value is -1.75. The molecule has 3 heterocycles. The molecule has 0 aromatic carbocycles. The fourth-order valence-electron chi connectivity index (χ4n) is 2.83. The Labute approximate surface area is 128 Å². The number of likely N-dealkylation sites (tertiary alicyclic amines) is 1. The Morgan fingerprint density at radius 3 is 2.86 bits per heavy atom. The number of hydrogen-bond acceptors (Lipinski definition) is 4. The predicted molar refractivity (Wildman–Crippen MR) is 83.2 cm³/mol. The molecule has 5 heteroatoms. The minimum Gasteiger partial charge on any atom is -0.343 e. The molecule has 4 nitrogen and oxygen atoms in total. The average Bonchev–Trinajstić information content (AvgIpc) is 3.07. The first-order valence-electron chi connectivity index (χ1n) is 7.39. The maximum atomic E-state index is 12.2. The number of piperidine rings is 1. The van der Waals surface area contributed by atoms with Gasteiger partial charge in [0.05, 0.1) is 5.01 Å². The molecular formula is C16H19N3OS. The number of nitrogens with zero attached hydrogens (tertiary/aromatic N) is 3. The molecule has 1 aliphatic rings. The van der Waals surface area contributed by atoms with Crippen LogP contribution in [-0.4, -0.2) is 33.9 Å². The highest BCUT2D eigenvalue weighted by atomic mass is 32.1. The zero-order valence-corrected chi connectivity index (χ0v) is 12.8. The van der Waals surface area contributed by atoms with Crippen LogP contribution in [0.1, 0.15) is 35.8 Å². The van der Waals surface area contributed by atoms with Crippen molar-refractivity contribution in [1.29, 1.82) is 0 Å². The van der Waals surface area contributed by atoms with Crippen LogP contribution in [0.4, 0.5) is 0 Å². The molecule has 21 heavy (non-hydrogen) atoms. The van der Waals surface area contributed by atoms with Crippen LogP contribution in [0.25, 0.3) is 0 Å². The van der Waals surface area contributed by atoms with Gasteiger partial charge in [-0.05, 0) is 30.4 Å². The van der Waals surface area contributed by atoms with Crippen LogP contribution < -0.4 is 0 Å². The fourth-order valence-corrected chi connectivity index (χ4v) is 3.45. The van der Waals surface area contributed by atoms with Gasteiger partial charge in [0.1, 0.15) is 0 Å². The number of aryl methyl sites for hydroxylation is 1. The molecule has 3 rings (SSSR count).